The zero-order chi connectivity index (χ0) is 19.4. The maximum absolute atomic E-state index is 12.8. The predicted molar refractivity (Wildman–Crippen MR) is 111 cm³/mol. The van der Waals surface area contributed by atoms with Gasteiger partial charge in [0.15, 0.2) is 0 Å². The Morgan fingerprint density at radius 1 is 1.00 bits per heavy atom. The van der Waals surface area contributed by atoms with Crippen LogP contribution in [0.25, 0.3) is 10.8 Å². The Morgan fingerprint density at radius 3 is 2.33 bits per heavy atom. The summed E-state index contributed by atoms with van der Waals surface area (Å²) >= 11 is 1.61. The van der Waals surface area contributed by atoms with Crippen molar-refractivity contribution < 1.29 is 13.2 Å². The van der Waals surface area contributed by atoms with Crippen LogP contribution in [0.1, 0.15) is 0 Å². The fraction of sp³-hybridized carbons (Fsp3) is 0.150. The summed E-state index contributed by atoms with van der Waals surface area (Å²) in [4.78, 5) is 13.5. The molecule has 0 saturated carbocycles. The SMILES string of the molecule is CSc1ccc(NC(=O)CN(C)S(=O)(=O)c2ccc3ccccc3c2)cc1. The molecule has 140 valence electrons. The molecule has 0 aliphatic carbocycles. The van der Waals surface area contributed by atoms with Crippen molar-refractivity contribution in [2.75, 3.05) is 25.2 Å². The minimum atomic E-state index is -3.76. The predicted octanol–water partition coefficient (Wildman–Crippen LogP) is 3.82. The van der Waals surface area contributed by atoms with Gasteiger partial charge < -0.3 is 5.32 Å². The van der Waals surface area contributed by atoms with Crippen molar-refractivity contribution in [3.63, 3.8) is 0 Å². The Labute approximate surface area is 163 Å². The molecule has 0 bridgehead atoms. The minimum absolute atomic E-state index is 0.167. The maximum atomic E-state index is 12.8. The van der Waals surface area contributed by atoms with Crippen molar-refractivity contribution in [3.8, 4) is 0 Å². The Hall–Kier alpha value is -2.35. The van der Waals surface area contributed by atoms with Gasteiger partial charge in [0.2, 0.25) is 15.9 Å². The number of thioether (sulfide) groups is 1. The van der Waals surface area contributed by atoms with Crippen LogP contribution in [0, 0.1) is 0 Å². The monoisotopic (exact) mass is 400 g/mol. The number of rotatable bonds is 6. The second-order valence-electron chi connectivity index (χ2n) is 6.05. The zero-order valence-corrected chi connectivity index (χ0v) is 16.7. The van der Waals surface area contributed by atoms with Gasteiger partial charge in [0.1, 0.15) is 0 Å². The molecule has 7 heteroatoms. The molecule has 0 atom stereocenters. The molecule has 3 rings (SSSR count). The van der Waals surface area contributed by atoms with E-state index in [2.05, 4.69) is 5.32 Å². The number of benzene rings is 3. The first-order chi connectivity index (χ1) is 12.9. The minimum Gasteiger partial charge on any atom is -0.325 e. The van der Waals surface area contributed by atoms with Crippen LogP contribution >= 0.6 is 11.8 Å². The highest BCUT2D eigenvalue weighted by atomic mass is 32.2. The smallest absolute Gasteiger partial charge is 0.243 e. The van der Waals surface area contributed by atoms with Crippen molar-refractivity contribution in [3.05, 3.63) is 66.7 Å². The van der Waals surface area contributed by atoms with Crippen LogP contribution < -0.4 is 5.32 Å². The van der Waals surface area contributed by atoms with Gasteiger partial charge in [0.25, 0.3) is 0 Å². The van der Waals surface area contributed by atoms with E-state index in [1.165, 1.54) is 7.05 Å². The van der Waals surface area contributed by atoms with E-state index >= 15 is 0 Å². The van der Waals surface area contributed by atoms with Crippen LogP contribution in [-0.4, -0.2) is 38.5 Å². The fourth-order valence-corrected chi connectivity index (χ4v) is 4.24. The third kappa shape index (κ3) is 4.50. The molecule has 0 heterocycles. The Kier molecular flexibility index (Phi) is 5.84. The van der Waals surface area contributed by atoms with E-state index in [-0.39, 0.29) is 11.4 Å². The summed E-state index contributed by atoms with van der Waals surface area (Å²) in [7, 11) is -2.36. The number of nitrogens with zero attached hydrogens (tertiary/aromatic N) is 1. The Bertz CT molecular complexity index is 1060. The maximum Gasteiger partial charge on any atom is 0.243 e. The highest BCUT2D eigenvalue weighted by Gasteiger charge is 2.23. The van der Waals surface area contributed by atoms with Crippen molar-refractivity contribution >= 4 is 44.2 Å². The standard InChI is InChI=1S/C20H20N2O3S2/c1-22(14-20(23)21-17-8-10-18(26-2)11-9-17)27(24,25)19-12-7-15-5-3-4-6-16(15)13-19/h3-13H,14H2,1-2H3,(H,21,23). The van der Waals surface area contributed by atoms with Gasteiger partial charge in [-0.15, -0.1) is 11.8 Å². The third-order valence-electron chi connectivity index (χ3n) is 4.17. The quantitative estimate of drug-likeness (QED) is 0.639. The van der Waals surface area contributed by atoms with Gasteiger partial charge in [-0.3, -0.25) is 4.79 Å². The zero-order valence-electron chi connectivity index (χ0n) is 15.0. The number of carbonyl (C=O) groups excluding carboxylic acids is 1. The van der Waals surface area contributed by atoms with Gasteiger partial charge in [-0.25, -0.2) is 8.42 Å². The van der Waals surface area contributed by atoms with E-state index in [1.807, 2.05) is 42.7 Å². The van der Waals surface area contributed by atoms with E-state index in [0.717, 1.165) is 20.0 Å². The van der Waals surface area contributed by atoms with Crippen LogP contribution in [-0.2, 0) is 14.8 Å². The van der Waals surface area contributed by atoms with Crippen molar-refractivity contribution in [2.45, 2.75) is 9.79 Å². The van der Waals surface area contributed by atoms with E-state index in [0.29, 0.717) is 5.69 Å². The highest BCUT2D eigenvalue weighted by molar-refractivity contribution is 7.98. The number of anilines is 1. The largest absolute Gasteiger partial charge is 0.325 e. The van der Waals surface area contributed by atoms with Gasteiger partial charge in [0.05, 0.1) is 11.4 Å². The third-order valence-corrected chi connectivity index (χ3v) is 6.71. The van der Waals surface area contributed by atoms with Crippen LogP contribution in [0.15, 0.2) is 76.5 Å². The lowest BCUT2D eigenvalue weighted by Crippen LogP contribution is -2.34. The topological polar surface area (TPSA) is 66.5 Å². The second-order valence-corrected chi connectivity index (χ2v) is 8.97. The van der Waals surface area contributed by atoms with Crippen molar-refractivity contribution in [1.82, 2.24) is 4.31 Å². The summed E-state index contributed by atoms with van der Waals surface area (Å²) in [6.45, 7) is -0.264. The van der Waals surface area contributed by atoms with E-state index in [9.17, 15) is 13.2 Å². The summed E-state index contributed by atoms with van der Waals surface area (Å²) < 4.78 is 26.6. The van der Waals surface area contributed by atoms with Crippen LogP contribution in [0.3, 0.4) is 0 Å². The number of sulfonamides is 1. The van der Waals surface area contributed by atoms with E-state index in [1.54, 1.807) is 42.1 Å². The molecular formula is C20H20N2O3S2. The van der Waals surface area contributed by atoms with Gasteiger partial charge >= 0.3 is 0 Å². The molecule has 3 aromatic rings. The first-order valence-corrected chi connectivity index (χ1v) is 11.0. The number of carbonyl (C=O) groups is 1. The number of fused-ring (bicyclic) bond motifs is 1. The average molecular weight is 401 g/mol. The van der Waals surface area contributed by atoms with Crippen LogP contribution in [0.5, 0.6) is 0 Å². The average Bonchev–Trinajstić information content (AvgIpc) is 2.68. The summed E-state index contributed by atoms with van der Waals surface area (Å²) in [5.74, 6) is -0.390. The molecule has 1 amide bonds. The summed E-state index contributed by atoms with van der Waals surface area (Å²) in [5, 5.41) is 4.52. The first kappa shape index (κ1) is 19.4. The van der Waals surface area contributed by atoms with E-state index < -0.39 is 15.9 Å². The van der Waals surface area contributed by atoms with Gasteiger partial charge in [0, 0.05) is 17.6 Å². The molecule has 0 spiro atoms. The first-order valence-electron chi connectivity index (χ1n) is 8.29. The summed E-state index contributed by atoms with van der Waals surface area (Å²) in [5.41, 5.74) is 0.634. The van der Waals surface area contributed by atoms with Gasteiger partial charge in [-0.2, -0.15) is 4.31 Å². The van der Waals surface area contributed by atoms with Crippen molar-refractivity contribution in [2.24, 2.45) is 0 Å². The molecule has 0 unspecified atom stereocenters. The van der Waals surface area contributed by atoms with Crippen LogP contribution in [0.2, 0.25) is 0 Å². The highest BCUT2D eigenvalue weighted by Crippen LogP contribution is 2.21. The molecule has 3 aromatic carbocycles. The second kappa shape index (κ2) is 8.12. The lowest BCUT2D eigenvalue weighted by Gasteiger charge is -2.17. The number of nitrogens with one attached hydrogen (secondary N) is 1. The molecule has 0 saturated heterocycles. The normalized spacial score (nSPS) is 11.7. The Balaban J connectivity index is 1.72. The number of hydrogen-bond donors (Lipinski definition) is 1. The number of hydrogen-bond acceptors (Lipinski definition) is 4. The van der Waals surface area contributed by atoms with Gasteiger partial charge in [-0.1, -0.05) is 30.3 Å². The fourth-order valence-electron chi connectivity index (χ4n) is 2.67. The Morgan fingerprint density at radius 2 is 1.67 bits per heavy atom. The number of amides is 1. The van der Waals surface area contributed by atoms with Crippen molar-refractivity contribution in [1.29, 1.82) is 0 Å². The molecule has 5 nitrogen and oxygen atoms in total. The summed E-state index contributed by atoms with van der Waals surface area (Å²) in [6.07, 6.45) is 1.97. The number of likely N-dealkylation sites (N-methyl/N-ethyl adjacent to an activating group) is 1. The summed E-state index contributed by atoms with van der Waals surface area (Å²) in [6, 6.07) is 19.9. The molecule has 0 aromatic heterocycles. The van der Waals surface area contributed by atoms with E-state index in [4.69, 9.17) is 0 Å². The molecule has 27 heavy (non-hydrogen) atoms. The van der Waals surface area contributed by atoms with Gasteiger partial charge in [-0.05, 0) is 53.4 Å². The van der Waals surface area contributed by atoms with Crippen LogP contribution in [0.4, 0.5) is 5.69 Å². The molecule has 1 N–H and O–H groups in total. The molecule has 0 radical (unpaired) electrons. The molecule has 0 fully saturated rings. The lowest BCUT2D eigenvalue weighted by molar-refractivity contribution is -0.116. The molecule has 0 aliphatic rings. The molecular weight excluding hydrogens is 380 g/mol. The molecule has 0 aliphatic heterocycles. The lowest BCUT2D eigenvalue weighted by atomic mass is 10.1.